The van der Waals surface area contributed by atoms with Crippen molar-refractivity contribution in [1.82, 2.24) is 5.32 Å². The monoisotopic (exact) mass is 251 g/mol. The number of amides is 1. The van der Waals surface area contributed by atoms with E-state index >= 15 is 0 Å². The number of phenols is 1. The molecule has 1 amide bonds. The summed E-state index contributed by atoms with van der Waals surface area (Å²) < 4.78 is 4.83. The molecule has 0 unspecified atom stereocenters. The molecule has 0 heterocycles. The average molecular weight is 251 g/mol. The number of phenolic OH excluding ortho intramolecular Hbond substituents is 1. The first kappa shape index (κ1) is 14.0. The highest BCUT2D eigenvalue weighted by molar-refractivity contribution is 5.81. The van der Waals surface area contributed by atoms with Gasteiger partial charge in [-0.15, -0.1) is 0 Å². The number of hydrogen-bond donors (Lipinski definition) is 2. The van der Waals surface area contributed by atoms with E-state index in [9.17, 15) is 9.59 Å². The van der Waals surface area contributed by atoms with E-state index in [0.29, 0.717) is 0 Å². The third-order valence-electron chi connectivity index (χ3n) is 2.10. The van der Waals surface area contributed by atoms with Crippen LogP contribution in [0.4, 0.5) is 0 Å². The molecule has 0 saturated carbocycles. The molecule has 0 radical (unpaired) electrons. The van der Waals surface area contributed by atoms with Crippen molar-refractivity contribution in [1.29, 1.82) is 0 Å². The third-order valence-corrected chi connectivity index (χ3v) is 2.10. The molecule has 0 saturated heterocycles. The van der Waals surface area contributed by atoms with Crippen molar-refractivity contribution in [3.63, 3.8) is 0 Å². The second-order valence-electron chi connectivity index (χ2n) is 4.23. The highest BCUT2D eigenvalue weighted by atomic mass is 16.5. The van der Waals surface area contributed by atoms with Gasteiger partial charge >= 0.3 is 5.97 Å². The number of nitrogens with one attached hydrogen (secondary N) is 1. The van der Waals surface area contributed by atoms with Crippen LogP contribution in [0.1, 0.15) is 19.4 Å². The fourth-order valence-electron chi connectivity index (χ4n) is 1.34. The zero-order chi connectivity index (χ0) is 13.5. The summed E-state index contributed by atoms with van der Waals surface area (Å²) in [4.78, 5) is 22.7. The van der Waals surface area contributed by atoms with E-state index < -0.39 is 5.97 Å². The third kappa shape index (κ3) is 5.34. The Morgan fingerprint density at radius 1 is 1.28 bits per heavy atom. The molecule has 98 valence electrons. The maximum absolute atomic E-state index is 11.4. The molecular weight excluding hydrogens is 234 g/mol. The summed E-state index contributed by atoms with van der Waals surface area (Å²) in [7, 11) is 0. The summed E-state index contributed by atoms with van der Waals surface area (Å²) in [6.07, 6.45) is 0.0786. The lowest BCUT2D eigenvalue weighted by Gasteiger charge is -2.08. The highest BCUT2D eigenvalue weighted by Gasteiger charge is 2.09. The maximum Gasteiger partial charge on any atom is 0.310 e. The summed E-state index contributed by atoms with van der Waals surface area (Å²) in [5, 5.41) is 11.7. The van der Waals surface area contributed by atoms with Gasteiger partial charge in [0, 0.05) is 6.04 Å². The molecule has 0 aliphatic rings. The molecule has 0 atom stereocenters. The Morgan fingerprint density at radius 2 is 1.89 bits per heavy atom. The van der Waals surface area contributed by atoms with E-state index in [0.717, 1.165) is 5.56 Å². The molecule has 5 nitrogen and oxygen atoms in total. The lowest BCUT2D eigenvalue weighted by Crippen LogP contribution is -2.34. The van der Waals surface area contributed by atoms with Crippen LogP contribution in [-0.4, -0.2) is 29.6 Å². The molecule has 1 aromatic carbocycles. The van der Waals surface area contributed by atoms with Crippen LogP contribution in [0.15, 0.2) is 24.3 Å². The Labute approximate surface area is 106 Å². The second-order valence-corrected chi connectivity index (χ2v) is 4.23. The van der Waals surface area contributed by atoms with E-state index in [1.807, 2.05) is 13.8 Å². The average Bonchev–Trinajstić information content (AvgIpc) is 2.29. The smallest absolute Gasteiger partial charge is 0.310 e. The first-order valence-electron chi connectivity index (χ1n) is 5.70. The van der Waals surface area contributed by atoms with Crippen LogP contribution in [0.3, 0.4) is 0 Å². The molecule has 18 heavy (non-hydrogen) atoms. The fraction of sp³-hybridized carbons (Fsp3) is 0.385. The van der Waals surface area contributed by atoms with E-state index in [1.165, 1.54) is 12.1 Å². The Kier molecular flexibility index (Phi) is 5.17. The number of carbonyl (C=O) groups excluding carboxylic acids is 2. The molecule has 1 rings (SSSR count). The minimum absolute atomic E-state index is 0.0216. The minimum Gasteiger partial charge on any atom is -0.508 e. The standard InChI is InChI=1S/C13H17NO4/c1-9(2)14-12(16)8-18-13(17)7-10-3-5-11(15)6-4-10/h3-6,9,15H,7-8H2,1-2H3,(H,14,16). The molecular formula is C13H17NO4. The number of benzene rings is 1. The van der Waals surface area contributed by atoms with Crippen molar-refractivity contribution in [2.24, 2.45) is 0 Å². The summed E-state index contributed by atoms with van der Waals surface area (Å²) >= 11 is 0. The van der Waals surface area contributed by atoms with E-state index in [4.69, 9.17) is 9.84 Å². The van der Waals surface area contributed by atoms with Crippen LogP contribution in [0.25, 0.3) is 0 Å². The summed E-state index contributed by atoms with van der Waals surface area (Å²) in [6.45, 7) is 3.39. The number of esters is 1. The van der Waals surface area contributed by atoms with Crippen LogP contribution in [0.5, 0.6) is 5.75 Å². The van der Waals surface area contributed by atoms with Crippen LogP contribution < -0.4 is 5.32 Å². The van der Waals surface area contributed by atoms with Crippen molar-refractivity contribution in [2.75, 3.05) is 6.61 Å². The molecule has 2 N–H and O–H groups in total. The number of ether oxygens (including phenoxy) is 1. The van der Waals surface area contributed by atoms with Crippen molar-refractivity contribution < 1.29 is 19.4 Å². The van der Waals surface area contributed by atoms with Gasteiger partial charge in [-0.05, 0) is 31.5 Å². The minimum atomic E-state index is -0.473. The van der Waals surface area contributed by atoms with Crippen LogP contribution in [-0.2, 0) is 20.7 Å². The first-order valence-corrected chi connectivity index (χ1v) is 5.70. The number of carbonyl (C=O) groups is 2. The van der Waals surface area contributed by atoms with Gasteiger partial charge in [0.25, 0.3) is 5.91 Å². The van der Waals surface area contributed by atoms with Crippen LogP contribution in [0.2, 0.25) is 0 Å². The van der Waals surface area contributed by atoms with Gasteiger partial charge in [0.05, 0.1) is 6.42 Å². The Bertz CT molecular complexity index is 412. The lowest BCUT2D eigenvalue weighted by atomic mass is 10.1. The Hall–Kier alpha value is -2.04. The summed E-state index contributed by atoms with van der Waals surface area (Å²) in [5.74, 6) is -0.646. The quantitative estimate of drug-likeness (QED) is 0.766. The fourth-order valence-corrected chi connectivity index (χ4v) is 1.34. The highest BCUT2D eigenvalue weighted by Crippen LogP contribution is 2.10. The second kappa shape index (κ2) is 6.64. The van der Waals surface area contributed by atoms with Crippen molar-refractivity contribution in [3.05, 3.63) is 29.8 Å². The first-order chi connectivity index (χ1) is 8.47. The molecule has 0 aliphatic heterocycles. The molecule has 0 fully saturated rings. The van der Waals surface area contributed by atoms with E-state index in [2.05, 4.69) is 5.32 Å². The van der Waals surface area contributed by atoms with Gasteiger partial charge in [-0.3, -0.25) is 9.59 Å². The summed E-state index contributed by atoms with van der Waals surface area (Å²) in [6, 6.07) is 6.27. The lowest BCUT2D eigenvalue weighted by molar-refractivity contribution is -0.148. The van der Waals surface area contributed by atoms with E-state index in [-0.39, 0.29) is 30.7 Å². The zero-order valence-corrected chi connectivity index (χ0v) is 10.5. The predicted octanol–water partition coefficient (Wildman–Crippen LogP) is 1.00. The molecule has 0 aromatic heterocycles. The molecule has 0 bridgehead atoms. The molecule has 1 aromatic rings. The van der Waals surface area contributed by atoms with Gasteiger partial charge in [-0.25, -0.2) is 0 Å². The Morgan fingerprint density at radius 3 is 2.44 bits per heavy atom. The van der Waals surface area contributed by atoms with Gasteiger partial charge in [0.1, 0.15) is 5.75 Å². The van der Waals surface area contributed by atoms with Crippen LogP contribution in [0, 0.1) is 0 Å². The van der Waals surface area contributed by atoms with Gasteiger partial charge in [0.15, 0.2) is 6.61 Å². The van der Waals surface area contributed by atoms with Crippen LogP contribution >= 0.6 is 0 Å². The molecule has 0 aliphatic carbocycles. The van der Waals surface area contributed by atoms with Gasteiger partial charge in [0.2, 0.25) is 0 Å². The molecule has 5 heteroatoms. The van der Waals surface area contributed by atoms with Gasteiger partial charge < -0.3 is 15.2 Å². The molecule has 0 spiro atoms. The number of rotatable bonds is 5. The van der Waals surface area contributed by atoms with Gasteiger partial charge in [-0.2, -0.15) is 0 Å². The maximum atomic E-state index is 11.4. The Balaban J connectivity index is 2.34. The number of aromatic hydroxyl groups is 1. The zero-order valence-electron chi connectivity index (χ0n) is 10.5. The number of hydrogen-bond acceptors (Lipinski definition) is 4. The van der Waals surface area contributed by atoms with Crippen molar-refractivity contribution >= 4 is 11.9 Å². The predicted molar refractivity (Wildman–Crippen MR) is 66.0 cm³/mol. The largest absolute Gasteiger partial charge is 0.508 e. The van der Waals surface area contributed by atoms with Gasteiger partial charge in [-0.1, -0.05) is 12.1 Å². The summed E-state index contributed by atoms with van der Waals surface area (Å²) in [5.41, 5.74) is 0.724. The van der Waals surface area contributed by atoms with Crippen molar-refractivity contribution in [2.45, 2.75) is 26.3 Å². The normalized spacial score (nSPS) is 10.2. The van der Waals surface area contributed by atoms with Crippen molar-refractivity contribution in [3.8, 4) is 5.75 Å². The topological polar surface area (TPSA) is 75.6 Å². The SMILES string of the molecule is CC(C)NC(=O)COC(=O)Cc1ccc(O)cc1. The van der Waals surface area contributed by atoms with E-state index in [1.54, 1.807) is 12.1 Å².